The molecule has 0 amide bonds. The fraction of sp³-hybridized carbons (Fsp3) is 0.214. The standard InChI is InChI=1S/C14H15NO4S2/c1-8-4-5-11(7-12(8)14(16)17)15-21(18,19)13-6-9(2)20-10(13)3/h4-7,15H,1-3H3,(H,16,17). The van der Waals surface area contributed by atoms with Gasteiger partial charge < -0.3 is 5.11 Å². The van der Waals surface area contributed by atoms with E-state index in [0.29, 0.717) is 10.4 Å². The Morgan fingerprint density at radius 1 is 1.19 bits per heavy atom. The van der Waals surface area contributed by atoms with E-state index in [1.54, 1.807) is 32.0 Å². The molecule has 1 heterocycles. The largest absolute Gasteiger partial charge is 0.478 e. The molecule has 0 atom stereocenters. The molecule has 0 fully saturated rings. The van der Waals surface area contributed by atoms with Crippen LogP contribution in [0.2, 0.25) is 0 Å². The number of anilines is 1. The van der Waals surface area contributed by atoms with Crippen molar-refractivity contribution >= 4 is 33.0 Å². The second-order valence-corrected chi connectivity index (χ2v) is 7.83. The third-order valence-corrected chi connectivity index (χ3v) is 5.61. The quantitative estimate of drug-likeness (QED) is 0.904. The summed E-state index contributed by atoms with van der Waals surface area (Å²) in [6, 6.07) is 6.05. The average Bonchev–Trinajstić information content (AvgIpc) is 2.71. The maximum atomic E-state index is 12.3. The maximum Gasteiger partial charge on any atom is 0.336 e. The Balaban J connectivity index is 2.40. The number of carboxylic acid groups (broad SMARTS) is 1. The van der Waals surface area contributed by atoms with Gasteiger partial charge in [0.05, 0.1) is 5.56 Å². The van der Waals surface area contributed by atoms with Gasteiger partial charge in [-0.25, -0.2) is 13.2 Å². The van der Waals surface area contributed by atoms with Crippen LogP contribution < -0.4 is 4.72 Å². The third-order valence-electron chi connectivity index (χ3n) is 3.01. The number of carbonyl (C=O) groups is 1. The fourth-order valence-corrected chi connectivity index (χ4v) is 4.61. The SMILES string of the molecule is Cc1cc(S(=O)(=O)Nc2ccc(C)c(C(=O)O)c2)c(C)s1. The molecule has 0 aliphatic heterocycles. The van der Waals surface area contributed by atoms with E-state index in [2.05, 4.69) is 4.72 Å². The molecule has 2 rings (SSSR count). The topological polar surface area (TPSA) is 83.5 Å². The summed E-state index contributed by atoms with van der Waals surface area (Å²) in [6.07, 6.45) is 0. The van der Waals surface area contributed by atoms with Crippen LogP contribution in [0.1, 0.15) is 25.7 Å². The van der Waals surface area contributed by atoms with Gasteiger partial charge >= 0.3 is 5.97 Å². The van der Waals surface area contributed by atoms with Gasteiger partial charge in [0.15, 0.2) is 0 Å². The summed E-state index contributed by atoms with van der Waals surface area (Å²) < 4.78 is 27.1. The predicted octanol–water partition coefficient (Wildman–Crippen LogP) is 3.17. The van der Waals surface area contributed by atoms with E-state index in [4.69, 9.17) is 5.11 Å². The molecule has 2 aromatic rings. The highest BCUT2D eigenvalue weighted by molar-refractivity contribution is 7.93. The van der Waals surface area contributed by atoms with E-state index in [1.165, 1.54) is 17.4 Å². The first-order valence-electron chi connectivity index (χ1n) is 6.14. The fourth-order valence-electron chi connectivity index (χ4n) is 2.00. The van der Waals surface area contributed by atoms with Crippen LogP contribution in [0.3, 0.4) is 0 Å². The van der Waals surface area contributed by atoms with Crippen LogP contribution in [0.25, 0.3) is 0 Å². The number of hydrogen-bond donors (Lipinski definition) is 2. The van der Waals surface area contributed by atoms with Crippen molar-refractivity contribution in [2.45, 2.75) is 25.7 Å². The Kier molecular flexibility index (Phi) is 4.06. The van der Waals surface area contributed by atoms with Gasteiger partial charge in [0.25, 0.3) is 10.0 Å². The molecule has 0 aliphatic carbocycles. The molecule has 7 heteroatoms. The molecule has 5 nitrogen and oxygen atoms in total. The van der Waals surface area contributed by atoms with E-state index in [9.17, 15) is 13.2 Å². The van der Waals surface area contributed by atoms with Crippen molar-refractivity contribution in [2.24, 2.45) is 0 Å². The van der Waals surface area contributed by atoms with Crippen LogP contribution in [0.4, 0.5) is 5.69 Å². The van der Waals surface area contributed by atoms with E-state index in [1.807, 2.05) is 6.92 Å². The Morgan fingerprint density at radius 3 is 2.38 bits per heavy atom. The monoisotopic (exact) mass is 325 g/mol. The number of hydrogen-bond acceptors (Lipinski definition) is 4. The van der Waals surface area contributed by atoms with Crippen LogP contribution in [-0.2, 0) is 10.0 Å². The summed E-state index contributed by atoms with van der Waals surface area (Å²) in [4.78, 5) is 12.9. The van der Waals surface area contributed by atoms with Crippen molar-refractivity contribution in [1.29, 1.82) is 0 Å². The number of sulfonamides is 1. The summed E-state index contributed by atoms with van der Waals surface area (Å²) in [6.45, 7) is 5.24. The molecule has 0 spiro atoms. The highest BCUT2D eigenvalue weighted by Gasteiger charge is 2.20. The molecule has 0 radical (unpaired) electrons. The lowest BCUT2D eigenvalue weighted by Crippen LogP contribution is -2.14. The minimum absolute atomic E-state index is 0.0772. The minimum atomic E-state index is -3.71. The van der Waals surface area contributed by atoms with Crippen molar-refractivity contribution in [3.8, 4) is 0 Å². The number of benzene rings is 1. The van der Waals surface area contributed by atoms with Gasteiger partial charge in [-0.15, -0.1) is 11.3 Å². The van der Waals surface area contributed by atoms with Crippen LogP contribution in [-0.4, -0.2) is 19.5 Å². The smallest absolute Gasteiger partial charge is 0.336 e. The molecule has 0 aliphatic rings. The number of carboxylic acids is 1. The van der Waals surface area contributed by atoms with E-state index in [0.717, 1.165) is 4.88 Å². The normalized spacial score (nSPS) is 11.4. The van der Waals surface area contributed by atoms with Crippen molar-refractivity contribution in [3.63, 3.8) is 0 Å². The molecule has 112 valence electrons. The summed E-state index contributed by atoms with van der Waals surface area (Å²) in [5, 5.41) is 9.08. The zero-order chi connectivity index (χ0) is 15.8. The van der Waals surface area contributed by atoms with Gasteiger partial charge in [-0.2, -0.15) is 0 Å². The highest BCUT2D eigenvalue weighted by atomic mass is 32.2. The van der Waals surface area contributed by atoms with Crippen LogP contribution >= 0.6 is 11.3 Å². The van der Waals surface area contributed by atoms with Crippen LogP contribution in [0.5, 0.6) is 0 Å². The van der Waals surface area contributed by atoms with Crippen molar-refractivity contribution in [2.75, 3.05) is 4.72 Å². The predicted molar refractivity (Wildman–Crippen MR) is 82.7 cm³/mol. The molecule has 0 bridgehead atoms. The van der Waals surface area contributed by atoms with Crippen molar-refractivity contribution in [1.82, 2.24) is 0 Å². The molecular formula is C14H15NO4S2. The molecule has 2 N–H and O–H groups in total. The van der Waals surface area contributed by atoms with Gasteiger partial charge in [-0.3, -0.25) is 4.72 Å². The van der Waals surface area contributed by atoms with Gasteiger partial charge in [-0.05, 0) is 44.5 Å². The second kappa shape index (κ2) is 5.50. The summed E-state index contributed by atoms with van der Waals surface area (Å²) in [5.74, 6) is -1.09. The summed E-state index contributed by atoms with van der Waals surface area (Å²) in [5.41, 5.74) is 0.891. The number of thiophene rings is 1. The first-order valence-corrected chi connectivity index (χ1v) is 8.44. The van der Waals surface area contributed by atoms with E-state index in [-0.39, 0.29) is 16.1 Å². The molecule has 0 saturated carbocycles. The molecule has 1 aromatic carbocycles. The van der Waals surface area contributed by atoms with E-state index < -0.39 is 16.0 Å². The van der Waals surface area contributed by atoms with Crippen molar-refractivity contribution < 1.29 is 18.3 Å². The molecular weight excluding hydrogens is 310 g/mol. The highest BCUT2D eigenvalue weighted by Crippen LogP contribution is 2.27. The molecule has 1 aromatic heterocycles. The lowest BCUT2D eigenvalue weighted by atomic mass is 10.1. The van der Waals surface area contributed by atoms with Gasteiger partial charge in [0, 0.05) is 15.4 Å². The summed E-state index contributed by atoms with van der Waals surface area (Å²) >= 11 is 1.40. The molecule has 21 heavy (non-hydrogen) atoms. The Hall–Kier alpha value is -1.86. The Morgan fingerprint density at radius 2 is 1.86 bits per heavy atom. The zero-order valence-corrected chi connectivity index (χ0v) is 13.4. The Labute approximate surface area is 127 Å². The second-order valence-electron chi connectivity index (χ2n) is 4.72. The molecule has 0 saturated heterocycles. The number of aromatic carboxylic acids is 1. The molecule has 0 unspecified atom stereocenters. The minimum Gasteiger partial charge on any atom is -0.478 e. The number of rotatable bonds is 4. The summed E-state index contributed by atoms with van der Waals surface area (Å²) in [7, 11) is -3.71. The first kappa shape index (κ1) is 15.5. The van der Waals surface area contributed by atoms with Crippen LogP contribution in [0, 0.1) is 20.8 Å². The maximum absolute atomic E-state index is 12.3. The third kappa shape index (κ3) is 3.25. The van der Waals surface area contributed by atoms with Gasteiger partial charge in [-0.1, -0.05) is 6.07 Å². The Bertz CT molecular complexity index is 806. The number of aryl methyl sites for hydroxylation is 3. The average molecular weight is 325 g/mol. The van der Waals surface area contributed by atoms with Gasteiger partial charge in [0.2, 0.25) is 0 Å². The lowest BCUT2D eigenvalue weighted by Gasteiger charge is -2.09. The van der Waals surface area contributed by atoms with Crippen molar-refractivity contribution in [3.05, 3.63) is 45.1 Å². The van der Waals surface area contributed by atoms with Crippen LogP contribution in [0.15, 0.2) is 29.2 Å². The first-order chi connectivity index (χ1) is 9.70. The lowest BCUT2D eigenvalue weighted by molar-refractivity contribution is 0.0696. The van der Waals surface area contributed by atoms with E-state index >= 15 is 0 Å². The number of nitrogens with one attached hydrogen (secondary N) is 1. The van der Waals surface area contributed by atoms with Gasteiger partial charge in [0.1, 0.15) is 4.90 Å². The zero-order valence-electron chi connectivity index (χ0n) is 11.8.